The van der Waals surface area contributed by atoms with E-state index in [2.05, 4.69) is 16.7 Å². The van der Waals surface area contributed by atoms with Gasteiger partial charge in [0.2, 0.25) is 0 Å². The minimum Gasteiger partial charge on any atom is -0.312 e. The van der Waals surface area contributed by atoms with Gasteiger partial charge in [-0.1, -0.05) is 46.9 Å². The van der Waals surface area contributed by atoms with Crippen molar-refractivity contribution in [1.82, 2.24) is 4.57 Å². The molecule has 0 N–H and O–H groups in total. The molecule has 0 saturated carbocycles. The van der Waals surface area contributed by atoms with Gasteiger partial charge in [0.25, 0.3) is 0 Å². The van der Waals surface area contributed by atoms with E-state index in [-0.39, 0.29) is 0 Å². The van der Waals surface area contributed by atoms with Gasteiger partial charge in [-0.05, 0) is 55.0 Å². The maximum absolute atomic E-state index is 6.35. The molecule has 0 radical (unpaired) electrons. The van der Waals surface area contributed by atoms with Crippen molar-refractivity contribution < 1.29 is 0 Å². The minimum absolute atomic E-state index is 0.622. The molecular formula is C17H12Cl3N. The molecule has 3 aromatic rings. The molecule has 0 spiro atoms. The highest BCUT2D eigenvalue weighted by Gasteiger charge is 2.12. The number of halogens is 3. The summed E-state index contributed by atoms with van der Waals surface area (Å²) in [7, 11) is 0. The molecule has 1 aromatic heterocycles. The molecule has 0 amide bonds. The summed E-state index contributed by atoms with van der Waals surface area (Å²) in [4.78, 5) is 0. The second-order valence-electron chi connectivity index (χ2n) is 4.80. The summed E-state index contributed by atoms with van der Waals surface area (Å²) >= 11 is 18.3. The van der Waals surface area contributed by atoms with Gasteiger partial charge in [0, 0.05) is 15.7 Å². The van der Waals surface area contributed by atoms with Crippen LogP contribution in [0, 0.1) is 6.92 Å². The first kappa shape index (κ1) is 14.5. The maximum Gasteiger partial charge on any atom is 0.0661 e. The summed E-state index contributed by atoms with van der Waals surface area (Å²) in [6, 6.07) is 17.4. The van der Waals surface area contributed by atoms with Crippen LogP contribution in [0.1, 0.15) is 5.69 Å². The molecule has 0 atom stereocenters. The lowest BCUT2D eigenvalue weighted by molar-refractivity contribution is 1.02. The van der Waals surface area contributed by atoms with Crippen LogP contribution < -0.4 is 0 Å². The van der Waals surface area contributed by atoms with E-state index in [9.17, 15) is 0 Å². The third-order valence-corrected chi connectivity index (χ3v) is 4.16. The molecule has 0 aliphatic rings. The fourth-order valence-corrected chi connectivity index (χ4v) is 2.99. The van der Waals surface area contributed by atoms with Crippen molar-refractivity contribution >= 4 is 34.8 Å². The molecule has 1 nitrogen and oxygen atoms in total. The van der Waals surface area contributed by atoms with E-state index in [0.717, 1.165) is 27.7 Å². The fraction of sp³-hybridized carbons (Fsp3) is 0.0588. The van der Waals surface area contributed by atoms with Crippen LogP contribution in [-0.4, -0.2) is 4.57 Å². The van der Waals surface area contributed by atoms with Gasteiger partial charge in [-0.25, -0.2) is 0 Å². The molecular weight excluding hydrogens is 325 g/mol. The first-order chi connectivity index (χ1) is 10.1. The van der Waals surface area contributed by atoms with Gasteiger partial charge >= 0.3 is 0 Å². The molecule has 0 saturated heterocycles. The molecule has 3 rings (SSSR count). The number of hydrogen-bond donors (Lipinski definition) is 0. The van der Waals surface area contributed by atoms with Gasteiger partial charge in [-0.2, -0.15) is 0 Å². The average molecular weight is 337 g/mol. The van der Waals surface area contributed by atoms with Crippen LogP contribution in [0.2, 0.25) is 15.1 Å². The monoisotopic (exact) mass is 335 g/mol. The quantitative estimate of drug-likeness (QED) is 0.509. The Morgan fingerprint density at radius 2 is 1.43 bits per heavy atom. The average Bonchev–Trinajstić information content (AvgIpc) is 2.82. The third kappa shape index (κ3) is 2.82. The number of nitrogens with zero attached hydrogens (tertiary/aromatic N) is 1. The van der Waals surface area contributed by atoms with E-state index in [0.29, 0.717) is 10.0 Å². The Bertz CT molecular complexity index is 788. The van der Waals surface area contributed by atoms with Crippen molar-refractivity contribution in [3.05, 3.63) is 75.4 Å². The summed E-state index contributed by atoms with van der Waals surface area (Å²) in [6.07, 6.45) is 0. The number of hydrogen-bond acceptors (Lipinski definition) is 0. The minimum atomic E-state index is 0.622. The lowest BCUT2D eigenvalue weighted by Gasteiger charge is -2.14. The second-order valence-corrected chi connectivity index (χ2v) is 6.08. The van der Waals surface area contributed by atoms with E-state index in [1.165, 1.54) is 0 Å². The highest BCUT2D eigenvalue weighted by Crippen LogP contribution is 2.32. The van der Waals surface area contributed by atoms with E-state index in [4.69, 9.17) is 34.8 Å². The number of aryl methyl sites for hydroxylation is 1. The van der Waals surface area contributed by atoms with E-state index < -0.39 is 0 Å². The summed E-state index contributed by atoms with van der Waals surface area (Å²) in [5.74, 6) is 0. The molecule has 4 heteroatoms. The van der Waals surface area contributed by atoms with Crippen molar-refractivity contribution in [2.45, 2.75) is 6.92 Å². The van der Waals surface area contributed by atoms with E-state index in [1.54, 1.807) is 6.07 Å². The summed E-state index contributed by atoms with van der Waals surface area (Å²) < 4.78 is 2.11. The largest absolute Gasteiger partial charge is 0.312 e. The highest BCUT2D eigenvalue weighted by molar-refractivity contribution is 6.35. The van der Waals surface area contributed by atoms with Crippen LogP contribution in [0.4, 0.5) is 0 Å². The lowest BCUT2D eigenvalue weighted by atomic mass is 10.1. The second kappa shape index (κ2) is 5.76. The first-order valence-electron chi connectivity index (χ1n) is 6.46. The molecule has 2 aromatic carbocycles. The Morgan fingerprint density at radius 1 is 0.762 bits per heavy atom. The highest BCUT2D eigenvalue weighted by atomic mass is 35.5. The van der Waals surface area contributed by atoms with E-state index >= 15 is 0 Å². The topological polar surface area (TPSA) is 4.93 Å². The normalized spacial score (nSPS) is 10.9. The van der Waals surface area contributed by atoms with E-state index in [1.807, 2.05) is 43.3 Å². The van der Waals surface area contributed by atoms with Gasteiger partial charge in [0.1, 0.15) is 0 Å². The van der Waals surface area contributed by atoms with Gasteiger partial charge in [-0.3, -0.25) is 0 Å². The Hall–Kier alpha value is -1.41. The fourth-order valence-electron chi connectivity index (χ4n) is 2.37. The zero-order valence-electron chi connectivity index (χ0n) is 11.3. The van der Waals surface area contributed by atoms with Crippen molar-refractivity contribution in [3.8, 4) is 16.9 Å². The Morgan fingerprint density at radius 3 is 2.10 bits per heavy atom. The van der Waals surface area contributed by atoms with Gasteiger partial charge in [-0.15, -0.1) is 0 Å². The zero-order chi connectivity index (χ0) is 15.0. The summed E-state index contributed by atoms with van der Waals surface area (Å²) in [6.45, 7) is 2.05. The van der Waals surface area contributed by atoms with Crippen LogP contribution in [0.5, 0.6) is 0 Å². The summed E-state index contributed by atoms with van der Waals surface area (Å²) in [5, 5.41) is 1.97. The number of aromatic nitrogens is 1. The molecule has 0 unspecified atom stereocenters. The molecule has 0 aliphatic carbocycles. The predicted molar refractivity (Wildman–Crippen MR) is 91.0 cm³/mol. The third-order valence-electron chi connectivity index (χ3n) is 3.37. The molecule has 1 heterocycles. The van der Waals surface area contributed by atoms with Gasteiger partial charge < -0.3 is 4.57 Å². The van der Waals surface area contributed by atoms with Gasteiger partial charge in [0.15, 0.2) is 0 Å². The maximum atomic E-state index is 6.35. The van der Waals surface area contributed by atoms with Crippen molar-refractivity contribution in [2.75, 3.05) is 0 Å². The van der Waals surface area contributed by atoms with Gasteiger partial charge in [0.05, 0.1) is 16.4 Å². The first-order valence-corrected chi connectivity index (χ1v) is 7.59. The predicted octanol–water partition coefficient (Wildman–Crippen LogP) is 6.41. The summed E-state index contributed by atoms with van der Waals surface area (Å²) in [5.41, 5.74) is 4.16. The number of benzene rings is 2. The van der Waals surface area contributed by atoms with Crippen LogP contribution in [-0.2, 0) is 0 Å². The standard InChI is InChI=1S/C17H12Cl3N/c1-11-2-8-16(12-3-5-13(18)6-4-12)21(11)17-9-7-14(19)10-15(17)20/h2-10H,1H3. The SMILES string of the molecule is Cc1ccc(-c2ccc(Cl)cc2)n1-c1ccc(Cl)cc1Cl. The Kier molecular flexibility index (Phi) is 3.99. The molecule has 0 fully saturated rings. The molecule has 106 valence electrons. The van der Waals surface area contributed by atoms with Crippen molar-refractivity contribution in [2.24, 2.45) is 0 Å². The van der Waals surface area contributed by atoms with Crippen molar-refractivity contribution in [3.63, 3.8) is 0 Å². The van der Waals surface area contributed by atoms with Crippen LogP contribution >= 0.6 is 34.8 Å². The lowest BCUT2D eigenvalue weighted by Crippen LogP contribution is -1.99. The number of rotatable bonds is 2. The van der Waals surface area contributed by atoms with Crippen LogP contribution in [0.3, 0.4) is 0 Å². The molecule has 21 heavy (non-hydrogen) atoms. The zero-order valence-corrected chi connectivity index (χ0v) is 13.5. The molecule has 0 aliphatic heterocycles. The molecule has 0 bridgehead atoms. The Labute approximate surface area is 138 Å². The Balaban J connectivity index is 2.19. The van der Waals surface area contributed by atoms with Crippen LogP contribution in [0.25, 0.3) is 16.9 Å². The van der Waals surface area contributed by atoms with Crippen LogP contribution in [0.15, 0.2) is 54.6 Å². The van der Waals surface area contributed by atoms with Crippen molar-refractivity contribution in [1.29, 1.82) is 0 Å². The smallest absolute Gasteiger partial charge is 0.0661 e.